The Kier molecular flexibility index (Phi) is 3.93. The summed E-state index contributed by atoms with van der Waals surface area (Å²) in [7, 11) is 0. The van der Waals surface area contributed by atoms with Gasteiger partial charge < -0.3 is 4.74 Å². The third kappa shape index (κ3) is 2.92. The first-order valence-corrected chi connectivity index (χ1v) is 7.00. The van der Waals surface area contributed by atoms with E-state index in [1.807, 2.05) is 19.1 Å². The van der Waals surface area contributed by atoms with Crippen molar-refractivity contribution in [1.29, 1.82) is 0 Å². The standard InChI is InChI=1S/C15H19BrO/c1-4-10(2)17-15-13(6-5-7-14(15)16)11(3)12-8-9-12/h4-7,10-12H,1,8-9H2,2-3H3. The highest BCUT2D eigenvalue weighted by Gasteiger charge is 2.31. The topological polar surface area (TPSA) is 9.23 Å². The van der Waals surface area contributed by atoms with E-state index in [4.69, 9.17) is 4.74 Å². The van der Waals surface area contributed by atoms with Crippen LogP contribution in [0, 0.1) is 5.92 Å². The van der Waals surface area contributed by atoms with Gasteiger partial charge in [-0.3, -0.25) is 0 Å². The Morgan fingerprint density at radius 2 is 2.12 bits per heavy atom. The van der Waals surface area contributed by atoms with Gasteiger partial charge in [0.05, 0.1) is 4.47 Å². The van der Waals surface area contributed by atoms with Gasteiger partial charge in [0.25, 0.3) is 0 Å². The maximum absolute atomic E-state index is 5.96. The summed E-state index contributed by atoms with van der Waals surface area (Å²) in [4.78, 5) is 0. The van der Waals surface area contributed by atoms with E-state index >= 15 is 0 Å². The minimum absolute atomic E-state index is 0.0406. The largest absolute Gasteiger partial charge is 0.485 e. The highest BCUT2D eigenvalue weighted by atomic mass is 79.9. The van der Waals surface area contributed by atoms with E-state index in [2.05, 4.69) is 41.6 Å². The van der Waals surface area contributed by atoms with Gasteiger partial charge in [-0.25, -0.2) is 0 Å². The van der Waals surface area contributed by atoms with Crippen LogP contribution in [-0.2, 0) is 0 Å². The molecule has 0 heterocycles. The molecule has 2 heteroatoms. The van der Waals surface area contributed by atoms with Crippen molar-refractivity contribution in [1.82, 2.24) is 0 Å². The molecule has 1 aliphatic rings. The van der Waals surface area contributed by atoms with Gasteiger partial charge in [-0.1, -0.05) is 31.7 Å². The fourth-order valence-corrected chi connectivity index (χ4v) is 2.57. The predicted molar refractivity (Wildman–Crippen MR) is 75.6 cm³/mol. The highest BCUT2D eigenvalue weighted by molar-refractivity contribution is 9.10. The lowest BCUT2D eigenvalue weighted by molar-refractivity contribution is 0.264. The van der Waals surface area contributed by atoms with Crippen LogP contribution in [0.15, 0.2) is 35.3 Å². The first-order valence-electron chi connectivity index (χ1n) is 6.21. The summed E-state index contributed by atoms with van der Waals surface area (Å²) in [6.07, 6.45) is 4.57. The van der Waals surface area contributed by atoms with Crippen LogP contribution in [0.1, 0.15) is 38.2 Å². The van der Waals surface area contributed by atoms with Crippen LogP contribution < -0.4 is 4.74 Å². The van der Waals surface area contributed by atoms with Gasteiger partial charge in [-0.15, -0.1) is 0 Å². The predicted octanol–water partition coefficient (Wildman–Crippen LogP) is 4.92. The number of para-hydroxylation sites is 1. The molecule has 1 aromatic carbocycles. The van der Waals surface area contributed by atoms with E-state index in [0.29, 0.717) is 5.92 Å². The van der Waals surface area contributed by atoms with E-state index in [0.717, 1.165) is 16.1 Å². The van der Waals surface area contributed by atoms with Crippen LogP contribution in [-0.4, -0.2) is 6.10 Å². The molecule has 0 bridgehead atoms. The SMILES string of the molecule is C=CC(C)Oc1c(Br)cccc1C(C)C1CC1. The average molecular weight is 295 g/mol. The molecule has 2 atom stereocenters. The molecule has 0 aliphatic heterocycles. The number of benzene rings is 1. The minimum atomic E-state index is 0.0406. The molecule has 2 rings (SSSR count). The highest BCUT2D eigenvalue weighted by Crippen LogP contribution is 2.46. The fourth-order valence-electron chi connectivity index (χ4n) is 2.09. The second-order valence-corrected chi connectivity index (χ2v) is 5.70. The van der Waals surface area contributed by atoms with Crippen molar-refractivity contribution in [3.05, 3.63) is 40.9 Å². The number of rotatable bonds is 5. The second-order valence-electron chi connectivity index (χ2n) is 4.84. The molecule has 0 saturated heterocycles. The van der Waals surface area contributed by atoms with E-state index < -0.39 is 0 Å². The molecule has 0 spiro atoms. The number of ether oxygens (including phenoxy) is 1. The van der Waals surface area contributed by atoms with E-state index in [1.54, 1.807) is 0 Å². The lowest BCUT2D eigenvalue weighted by atomic mass is 9.95. The summed E-state index contributed by atoms with van der Waals surface area (Å²) in [5.74, 6) is 2.41. The lowest BCUT2D eigenvalue weighted by Gasteiger charge is -2.20. The fraction of sp³-hybridized carbons (Fsp3) is 0.467. The van der Waals surface area contributed by atoms with Gasteiger partial charge in [0, 0.05) is 0 Å². The molecule has 17 heavy (non-hydrogen) atoms. The van der Waals surface area contributed by atoms with Crippen LogP contribution in [0.25, 0.3) is 0 Å². The van der Waals surface area contributed by atoms with Crippen LogP contribution in [0.2, 0.25) is 0 Å². The number of hydrogen-bond acceptors (Lipinski definition) is 1. The van der Waals surface area contributed by atoms with Crippen molar-refractivity contribution in [2.75, 3.05) is 0 Å². The van der Waals surface area contributed by atoms with Gasteiger partial charge in [0.15, 0.2) is 0 Å². The van der Waals surface area contributed by atoms with Crippen molar-refractivity contribution in [3.63, 3.8) is 0 Å². The minimum Gasteiger partial charge on any atom is -0.485 e. The van der Waals surface area contributed by atoms with Crippen LogP contribution >= 0.6 is 15.9 Å². The molecule has 0 aromatic heterocycles. The van der Waals surface area contributed by atoms with Gasteiger partial charge >= 0.3 is 0 Å². The molecular formula is C15H19BrO. The van der Waals surface area contributed by atoms with Gasteiger partial charge in [-0.05, 0) is 59.2 Å². The van der Waals surface area contributed by atoms with Crippen molar-refractivity contribution < 1.29 is 4.74 Å². The van der Waals surface area contributed by atoms with Gasteiger partial charge in [0.2, 0.25) is 0 Å². The summed E-state index contributed by atoms with van der Waals surface area (Å²) in [5, 5.41) is 0. The molecule has 0 radical (unpaired) electrons. The molecule has 92 valence electrons. The Balaban J connectivity index is 2.29. The zero-order chi connectivity index (χ0) is 12.4. The smallest absolute Gasteiger partial charge is 0.137 e. The Labute approximate surface area is 112 Å². The zero-order valence-corrected chi connectivity index (χ0v) is 12.0. The zero-order valence-electron chi connectivity index (χ0n) is 10.4. The first kappa shape index (κ1) is 12.7. The average Bonchev–Trinajstić information content (AvgIpc) is 3.14. The summed E-state index contributed by atoms with van der Waals surface area (Å²) < 4.78 is 7.00. The van der Waals surface area contributed by atoms with Crippen molar-refractivity contribution in [2.24, 2.45) is 5.92 Å². The maximum atomic E-state index is 5.96. The molecule has 2 unspecified atom stereocenters. The molecule has 0 N–H and O–H groups in total. The number of hydrogen-bond donors (Lipinski definition) is 0. The van der Waals surface area contributed by atoms with E-state index in [1.165, 1.54) is 18.4 Å². The third-order valence-electron chi connectivity index (χ3n) is 3.45. The van der Waals surface area contributed by atoms with Crippen LogP contribution in [0.3, 0.4) is 0 Å². The summed E-state index contributed by atoms with van der Waals surface area (Å²) in [5.41, 5.74) is 1.32. The molecule has 1 saturated carbocycles. The van der Waals surface area contributed by atoms with Crippen molar-refractivity contribution in [3.8, 4) is 5.75 Å². The van der Waals surface area contributed by atoms with Gasteiger partial charge in [0.1, 0.15) is 11.9 Å². The van der Waals surface area contributed by atoms with Crippen molar-refractivity contribution in [2.45, 2.75) is 38.7 Å². The number of halogens is 1. The van der Waals surface area contributed by atoms with E-state index in [9.17, 15) is 0 Å². The molecule has 0 amide bonds. The molecule has 1 aliphatic carbocycles. The Morgan fingerprint density at radius 1 is 1.41 bits per heavy atom. The molecule has 1 aromatic rings. The lowest BCUT2D eigenvalue weighted by Crippen LogP contribution is -2.11. The molecule has 1 fully saturated rings. The normalized spacial score (nSPS) is 18.5. The Bertz CT molecular complexity index is 409. The van der Waals surface area contributed by atoms with E-state index in [-0.39, 0.29) is 6.10 Å². The Morgan fingerprint density at radius 3 is 2.71 bits per heavy atom. The maximum Gasteiger partial charge on any atom is 0.137 e. The summed E-state index contributed by atoms with van der Waals surface area (Å²) >= 11 is 3.58. The molecule has 1 nitrogen and oxygen atoms in total. The molecular weight excluding hydrogens is 276 g/mol. The summed E-state index contributed by atoms with van der Waals surface area (Å²) in [6.45, 7) is 8.08. The van der Waals surface area contributed by atoms with Gasteiger partial charge in [-0.2, -0.15) is 0 Å². The quantitative estimate of drug-likeness (QED) is 0.701. The summed E-state index contributed by atoms with van der Waals surface area (Å²) in [6, 6.07) is 6.30. The third-order valence-corrected chi connectivity index (χ3v) is 4.08. The second kappa shape index (κ2) is 5.26. The van der Waals surface area contributed by atoms with Crippen molar-refractivity contribution >= 4 is 15.9 Å². The van der Waals surface area contributed by atoms with Crippen LogP contribution in [0.4, 0.5) is 0 Å². The Hall–Kier alpha value is -0.760. The first-order chi connectivity index (χ1) is 8.13. The monoisotopic (exact) mass is 294 g/mol. The van der Waals surface area contributed by atoms with Crippen LogP contribution in [0.5, 0.6) is 5.75 Å².